The summed E-state index contributed by atoms with van der Waals surface area (Å²) in [5.41, 5.74) is 0.514. The highest BCUT2D eigenvalue weighted by Crippen LogP contribution is 2.27. The van der Waals surface area contributed by atoms with Gasteiger partial charge in [0.1, 0.15) is 36.1 Å². The molecule has 0 amide bonds. The van der Waals surface area contributed by atoms with Gasteiger partial charge >= 0.3 is 0 Å². The molecule has 2 aliphatic rings. The molecule has 180 valence electrons. The Balaban J connectivity index is 1.86. The molecule has 10 nitrogen and oxygen atoms in total. The van der Waals surface area contributed by atoms with Gasteiger partial charge in [-0.15, -0.1) is 0 Å². The highest BCUT2D eigenvalue weighted by atomic mass is 16.7. The quantitative estimate of drug-likeness (QED) is 0.228. The number of aliphatic hydroxyl groups excluding tert-OH is 5. The number of hydrogen-bond acceptors (Lipinski definition) is 10. The third-order valence-electron chi connectivity index (χ3n) is 5.46. The van der Waals surface area contributed by atoms with Crippen molar-refractivity contribution in [3.63, 3.8) is 0 Å². The molecule has 0 saturated carbocycles. The molecule has 0 aromatic carbocycles. The molecular weight excluding hydrogens is 412 g/mol. The number of hydrogen-bond donors (Lipinski definition) is 6. The van der Waals surface area contributed by atoms with E-state index in [-0.39, 0.29) is 19.8 Å². The van der Waals surface area contributed by atoms with Crippen LogP contribution >= 0.6 is 0 Å². The molecule has 2 rings (SSSR count). The molecule has 2 fully saturated rings. The SMILES string of the molecule is CC(C)=CCC/C(C)=C/COC1OC(COC2OCC(O)(CO)C2O)C(O)C(O)C1O. The maximum absolute atomic E-state index is 10.2. The molecule has 2 heterocycles. The largest absolute Gasteiger partial charge is 0.393 e. The zero-order valence-electron chi connectivity index (χ0n) is 18.3. The van der Waals surface area contributed by atoms with Crippen LogP contribution in [0.3, 0.4) is 0 Å². The van der Waals surface area contributed by atoms with E-state index >= 15 is 0 Å². The van der Waals surface area contributed by atoms with Crippen LogP contribution in [0.15, 0.2) is 23.3 Å². The molecule has 6 N–H and O–H groups in total. The molecule has 2 saturated heterocycles. The predicted molar refractivity (Wildman–Crippen MR) is 109 cm³/mol. The van der Waals surface area contributed by atoms with E-state index in [0.29, 0.717) is 0 Å². The monoisotopic (exact) mass is 448 g/mol. The Kier molecular flexibility index (Phi) is 10.0. The summed E-state index contributed by atoms with van der Waals surface area (Å²) in [5, 5.41) is 59.7. The van der Waals surface area contributed by atoms with Crippen LogP contribution < -0.4 is 0 Å². The van der Waals surface area contributed by atoms with Crippen LogP contribution in [0.25, 0.3) is 0 Å². The van der Waals surface area contributed by atoms with Gasteiger partial charge < -0.3 is 49.6 Å². The fourth-order valence-corrected chi connectivity index (χ4v) is 3.29. The first kappa shape index (κ1) is 26.3. The van der Waals surface area contributed by atoms with E-state index < -0.39 is 55.3 Å². The summed E-state index contributed by atoms with van der Waals surface area (Å²) >= 11 is 0. The molecule has 10 heteroatoms. The first-order valence-electron chi connectivity index (χ1n) is 10.4. The predicted octanol–water partition coefficient (Wildman–Crippen LogP) is -1.04. The van der Waals surface area contributed by atoms with E-state index in [9.17, 15) is 25.5 Å². The molecule has 0 aliphatic carbocycles. The van der Waals surface area contributed by atoms with Crippen molar-refractivity contribution in [3.05, 3.63) is 23.3 Å². The highest BCUT2D eigenvalue weighted by molar-refractivity contribution is 5.02. The van der Waals surface area contributed by atoms with Gasteiger partial charge in [-0.2, -0.15) is 0 Å². The fourth-order valence-electron chi connectivity index (χ4n) is 3.29. The zero-order valence-corrected chi connectivity index (χ0v) is 18.3. The van der Waals surface area contributed by atoms with Crippen molar-refractivity contribution < 1.29 is 49.6 Å². The second-order valence-electron chi connectivity index (χ2n) is 8.44. The van der Waals surface area contributed by atoms with Crippen LogP contribution in [-0.4, -0.2) is 106 Å². The van der Waals surface area contributed by atoms with E-state index in [4.69, 9.17) is 24.1 Å². The Morgan fingerprint density at radius 3 is 2.32 bits per heavy atom. The van der Waals surface area contributed by atoms with E-state index in [2.05, 4.69) is 6.08 Å². The molecule has 8 atom stereocenters. The lowest BCUT2D eigenvalue weighted by molar-refractivity contribution is -0.307. The van der Waals surface area contributed by atoms with Gasteiger partial charge in [0.2, 0.25) is 0 Å². The maximum Gasteiger partial charge on any atom is 0.187 e. The smallest absolute Gasteiger partial charge is 0.187 e. The Morgan fingerprint density at radius 1 is 1.00 bits per heavy atom. The fraction of sp³-hybridized carbons (Fsp3) is 0.810. The molecule has 0 aromatic heterocycles. The standard InChI is InChI=1S/C21H36O10/c1-12(2)5-4-6-13(3)7-8-28-19-17(25)16(24)15(23)14(31-19)9-29-20-18(26)21(27,10-22)11-30-20/h5,7,14-20,22-27H,4,6,8-11H2,1-3H3/b13-7+. The molecule has 0 aromatic rings. The Labute approximate surface area is 182 Å². The number of ether oxygens (including phenoxy) is 4. The van der Waals surface area contributed by atoms with Gasteiger partial charge in [0, 0.05) is 0 Å². The molecule has 31 heavy (non-hydrogen) atoms. The van der Waals surface area contributed by atoms with E-state index in [1.807, 2.05) is 26.8 Å². The number of allylic oxidation sites excluding steroid dienone is 3. The van der Waals surface area contributed by atoms with Gasteiger partial charge in [-0.3, -0.25) is 0 Å². The molecule has 0 radical (unpaired) electrons. The Hall–Kier alpha value is -0.920. The van der Waals surface area contributed by atoms with Crippen molar-refractivity contribution in [1.82, 2.24) is 0 Å². The van der Waals surface area contributed by atoms with Crippen LogP contribution in [0, 0.1) is 0 Å². The van der Waals surface area contributed by atoms with Gasteiger partial charge in [-0.05, 0) is 33.6 Å². The summed E-state index contributed by atoms with van der Waals surface area (Å²) in [5.74, 6) is 0. The van der Waals surface area contributed by atoms with Crippen molar-refractivity contribution in [1.29, 1.82) is 0 Å². The average Bonchev–Trinajstić information content (AvgIpc) is 3.01. The van der Waals surface area contributed by atoms with E-state index in [1.165, 1.54) is 5.57 Å². The summed E-state index contributed by atoms with van der Waals surface area (Å²) in [6.45, 7) is 4.84. The first-order chi connectivity index (χ1) is 14.6. The van der Waals surface area contributed by atoms with Gasteiger partial charge in [0.25, 0.3) is 0 Å². The van der Waals surface area contributed by atoms with Crippen LogP contribution in [0.4, 0.5) is 0 Å². The van der Waals surface area contributed by atoms with Gasteiger partial charge in [-0.25, -0.2) is 0 Å². The average molecular weight is 449 g/mol. The molecule has 0 bridgehead atoms. The summed E-state index contributed by atoms with van der Waals surface area (Å²) in [6.07, 6.45) is -3.70. The minimum atomic E-state index is -1.84. The van der Waals surface area contributed by atoms with E-state index in [1.54, 1.807) is 0 Å². The summed E-state index contributed by atoms with van der Waals surface area (Å²) in [4.78, 5) is 0. The maximum atomic E-state index is 10.2. The van der Waals surface area contributed by atoms with Gasteiger partial charge in [0.05, 0.1) is 26.4 Å². The number of aliphatic hydroxyl groups is 6. The lowest BCUT2D eigenvalue weighted by Gasteiger charge is -2.40. The van der Waals surface area contributed by atoms with Crippen LogP contribution in [-0.2, 0) is 18.9 Å². The first-order valence-corrected chi connectivity index (χ1v) is 10.4. The van der Waals surface area contributed by atoms with Crippen molar-refractivity contribution in [3.8, 4) is 0 Å². The molecule has 8 unspecified atom stereocenters. The summed E-state index contributed by atoms with van der Waals surface area (Å²) in [6, 6.07) is 0. The minimum absolute atomic E-state index is 0.146. The normalized spacial score (nSPS) is 39.0. The Bertz CT molecular complexity index is 619. The lowest BCUT2D eigenvalue weighted by Crippen LogP contribution is -2.59. The molecular formula is C21H36O10. The van der Waals surface area contributed by atoms with Gasteiger partial charge in [-0.1, -0.05) is 23.3 Å². The van der Waals surface area contributed by atoms with Crippen LogP contribution in [0.2, 0.25) is 0 Å². The van der Waals surface area contributed by atoms with Crippen molar-refractivity contribution >= 4 is 0 Å². The van der Waals surface area contributed by atoms with Crippen molar-refractivity contribution in [2.45, 2.75) is 82.3 Å². The van der Waals surface area contributed by atoms with Crippen LogP contribution in [0.5, 0.6) is 0 Å². The van der Waals surface area contributed by atoms with Crippen molar-refractivity contribution in [2.24, 2.45) is 0 Å². The van der Waals surface area contributed by atoms with E-state index in [0.717, 1.165) is 18.4 Å². The second-order valence-corrected chi connectivity index (χ2v) is 8.44. The van der Waals surface area contributed by atoms with Crippen LogP contribution in [0.1, 0.15) is 33.6 Å². The summed E-state index contributed by atoms with van der Waals surface area (Å²) < 4.78 is 21.6. The third kappa shape index (κ3) is 7.03. The second kappa shape index (κ2) is 11.8. The molecule has 0 spiro atoms. The zero-order chi connectivity index (χ0) is 23.2. The minimum Gasteiger partial charge on any atom is -0.393 e. The summed E-state index contributed by atoms with van der Waals surface area (Å²) in [7, 11) is 0. The Morgan fingerprint density at radius 2 is 1.71 bits per heavy atom. The lowest BCUT2D eigenvalue weighted by atomic mass is 9.99. The van der Waals surface area contributed by atoms with Gasteiger partial charge in [0.15, 0.2) is 12.6 Å². The topological polar surface area (TPSA) is 158 Å². The highest BCUT2D eigenvalue weighted by Gasteiger charge is 2.50. The third-order valence-corrected chi connectivity index (χ3v) is 5.46. The number of rotatable bonds is 10. The molecule has 2 aliphatic heterocycles. The van der Waals surface area contributed by atoms with Crippen molar-refractivity contribution in [2.75, 3.05) is 26.4 Å².